The fourth-order valence-corrected chi connectivity index (χ4v) is 5.97. The largest absolute Gasteiger partial charge is 0.435 e. The predicted octanol–water partition coefficient (Wildman–Crippen LogP) is 6.67. The van der Waals surface area contributed by atoms with Gasteiger partial charge in [0.1, 0.15) is 23.5 Å². The molecule has 1 aliphatic rings. The Bertz CT molecular complexity index is 1750. The van der Waals surface area contributed by atoms with Gasteiger partial charge in [0.15, 0.2) is 5.69 Å². The number of carbonyl (C=O) groups excluding carboxylic acids is 2. The zero-order valence-electron chi connectivity index (χ0n) is 25.0. The molecule has 242 valence electrons. The Hall–Kier alpha value is -4.68. The van der Waals surface area contributed by atoms with Crippen molar-refractivity contribution in [2.45, 2.75) is 63.7 Å². The first-order chi connectivity index (χ1) is 21.9. The van der Waals surface area contributed by atoms with Gasteiger partial charge in [0.25, 0.3) is 5.91 Å². The molecule has 0 saturated heterocycles. The van der Waals surface area contributed by atoms with Gasteiger partial charge in [-0.1, -0.05) is 19.1 Å². The molecule has 0 spiro atoms. The van der Waals surface area contributed by atoms with E-state index in [1.165, 1.54) is 25.4 Å². The smallest absolute Gasteiger partial charge is 0.355 e. The van der Waals surface area contributed by atoms with E-state index in [4.69, 9.17) is 0 Å². The van der Waals surface area contributed by atoms with Crippen molar-refractivity contribution in [1.29, 1.82) is 0 Å². The molecule has 0 aliphatic heterocycles. The van der Waals surface area contributed by atoms with Crippen molar-refractivity contribution < 1.29 is 35.9 Å². The fourth-order valence-electron chi connectivity index (χ4n) is 5.97. The number of rotatable bonds is 9. The molecular formula is C33H31F6N5O2. The van der Waals surface area contributed by atoms with Gasteiger partial charge in [-0.2, -0.15) is 18.3 Å². The highest BCUT2D eigenvalue weighted by Gasteiger charge is 2.41. The summed E-state index contributed by atoms with van der Waals surface area (Å²) in [6.07, 6.45) is -1.57. The molecule has 7 nitrogen and oxygen atoms in total. The number of nitrogens with zero attached hydrogens (tertiary/aromatic N) is 3. The predicted molar refractivity (Wildman–Crippen MR) is 157 cm³/mol. The number of benzene rings is 2. The maximum Gasteiger partial charge on any atom is 0.435 e. The summed E-state index contributed by atoms with van der Waals surface area (Å²) in [5, 5.41) is 9.12. The Kier molecular flexibility index (Phi) is 9.50. The van der Waals surface area contributed by atoms with Gasteiger partial charge in [-0.05, 0) is 80.0 Å². The van der Waals surface area contributed by atoms with Crippen LogP contribution in [0.2, 0.25) is 0 Å². The Morgan fingerprint density at radius 2 is 1.72 bits per heavy atom. The van der Waals surface area contributed by atoms with E-state index in [9.17, 15) is 35.9 Å². The summed E-state index contributed by atoms with van der Waals surface area (Å²) in [6, 6.07) is 7.79. The molecule has 1 aliphatic carbocycles. The van der Waals surface area contributed by atoms with E-state index in [0.29, 0.717) is 42.1 Å². The average Bonchev–Trinajstić information content (AvgIpc) is 3.41. The van der Waals surface area contributed by atoms with Crippen LogP contribution in [-0.2, 0) is 30.2 Å². The lowest BCUT2D eigenvalue weighted by Gasteiger charge is -2.26. The number of pyridine rings is 1. The monoisotopic (exact) mass is 643 g/mol. The normalized spacial score (nSPS) is 14.3. The molecule has 13 heteroatoms. The zero-order valence-corrected chi connectivity index (χ0v) is 25.0. The van der Waals surface area contributed by atoms with E-state index in [0.717, 1.165) is 22.9 Å². The standard InChI is InChI=1S/C33H31F6N5O2/c1-3-27(44-28-9-5-4-7-23(28)30(43-44)33(37,38)39)32(46)42-26(15-18-13-20(34)17-21(35)14-18)29-22(8-6-12-41-29)19-10-11-25(36)24(16-19)31(45)40-2/h6,8,10-14,16-17,26-27H,3-5,7,9,15H2,1-2H3,(H,40,45)(H,42,46)/t26-,27+/m0/s1. The summed E-state index contributed by atoms with van der Waals surface area (Å²) in [7, 11) is 1.35. The van der Waals surface area contributed by atoms with Gasteiger partial charge in [-0.3, -0.25) is 19.3 Å². The number of hydrogen-bond acceptors (Lipinski definition) is 4. The average molecular weight is 644 g/mol. The molecule has 2 atom stereocenters. The van der Waals surface area contributed by atoms with Crippen molar-refractivity contribution >= 4 is 11.8 Å². The number of carbonyl (C=O) groups is 2. The van der Waals surface area contributed by atoms with Crippen LogP contribution in [0.4, 0.5) is 26.3 Å². The molecule has 5 rings (SSSR count). The van der Waals surface area contributed by atoms with Gasteiger partial charge >= 0.3 is 6.18 Å². The molecule has 2 aromatic carbocycles. The SMILES string of the molecule is CC[C@H](C(=O)N[C@@H](Cc1cc(F)cc(F)c1)c1ncccc1-c1ccc(F)c(C(=O)NC)c1)n1nc(C(F)(F)F)c2c1CCCC2. The minimum atomic E-state index is -4.70. The molecule has 0 saturated carbocycles. The maximum atomic E-state index is 14.5. The van der Waals surface area contributed by atoms with Gasteiger partial charge in [-0.25, -0.2) is 13.2 Å². The van der Waals surface area contributed by atoms with Crippen molar-refractivity contribution in [3.05, 3.63) is 106 Å². The van der Waals surface area contributed by atoms with Crippen molar-refractivity contribution in [3.8, 4) is 11.1 Å². The van der Waals surface area contributed by atoms with E-state index in [1.807, 2.05) is 0 Å². The van der Waals surface area contributed by atoms with Crippen molar-refractivity contribution in [2.75, 3.05) is 7.05 Å². The third-order valence-corrected chi connectivity index (χ3v) is 8.06. The number of hydrogen-bond donors (Lipinski definition) is 2. The number of aromatic nitrogens is 3. The second-order valence-corrected chi connectivity index (χ2v) is 11.1. The number of fused-ring (bicyclic) bond motifs is 1. The lowest BCUT2D eigenvalue weighted by molar-refractivity contribution is -0.142. The topological polar surface area (TPSA) is 88.9 Å². The van der Waals surface area contributed by atoms with Crippen LogP contribution in [0.1, 0.15) is 76.8 Å². The zero-order chi connectivity index (χ0) is 33.2. The first-order valence-corrected chi connectivity index (χ1v) is 14.8. The van der Waals surface area contributed by atoms with Crippen LogP contribution in [0.3, 0.4) is 0 Å². The van der Waals surface area contributed by atoms with Crippen LogP contribution in [0.25, 0.3) is 11.1 Å². The molecular weight excluding hydrogens is 612 g/mol. The summed E-state index contributed by atoms with van der Waals surface area (Å²) in [5.74, 6) is -3.79. The molecule has 0 radical (unpaired) electrons. The van der Waals surface area contributed by atoms with Gasteiger partial charge in [0, 0.05) is 36.1 Å². The molecule has 2 N–H and O–H groups in total. The lowest BCUT2D eigenvalue weighted by atomic mass is 9.94. The molecule has 0 fully saturated rings. The minimum absolute atomic E-state index is 0.0898. The molecule has 46 heavy (non-hydrogen) atoms. The van der Waals surface area contributed by atoms with Gasteiger partial charge in [-0.15, -0.1) is 0 Å². The summed E-state index contributed by atoms with van der Waals surface area (Å²) in [6.45, 7) is 1.65. The highest BCUT2D eigenvalue weighted by atomic mass is 19.4. The lowest BCUT2D eigenvalue weighted by Crippen LogP contribution is -2.37. The van der Waals surface area contributed by atoms with E-state index < -0.39 is 53.2 Å². The molecule has 2 heterocycles. The van der Waals surface area contributed by atoms with E-state index in [2.05, 4.69) is 20.7 Å². The molecule has 2 amide bonds. The Morgan fingerprint density at radius 3 is 2.39 bits per heavy atom. The maximum absolute atomic E-state index is 14.5. The highest BCUT2D eigenvalue weighted by molar-refractivity contribution is 5.95. The quantitative estimate of drug-likeness (QED) is 0.200. The minimum Gasteiger partial charge on any atom is -0.355 e. The number of halogens is 6. The Morgan fingerprint density at radius 1 is 1.00 bits per heavy atom. The van der Waals surface area contributed by atoms with E-state index in [-0.39, 0.29) is 41.6 Å². The molecule has 4 aromatic rings. The second kappa shape index (κ2) is 13.4. The van der Waals surface area contributed by atoms with Crippen LogP contribution in [-0.4, -0.2) is 33.6 Å². The van der Waals surface area contributed by atoms with Gasteiger partial charge < -0.3 is 10.6 Å². The Balaban J connectivity index is 1.58. The van der Waals surface area contributed by atoms with Crippen LogP contribution < -0.4 is 10.6 Å². The van der Waals surface area contributed by atoms with E-state index in [1.54, 1.807) is 19.1 Å². The third-order valence-electron chi connectivity index (χ3n) is 8.06. The van der Waals surface area contributed by atoms with Gasteiger partial charge in [0.05, 0.1) is 17.3 Å². The number of amides is 2. The molecule has 0 unspecified atom stereocenters. The number of alkyl halides is 3. The first kappa shape index (κ1) is 32.7. The fraction of sp³-hybridized carbons (Fsp3) is 0.333. The third kappa shape index (κ3) is 6.77. The van der Waals surface area contributed by atoms with Gasteiger partial charge in [0.2, 0.25) is 5.91 Å². The van der Waals surface area contributed by atoms with Crippen LogP contribution >= 0.6 is 0 Å². The van der Waals surface area contributed by atoms with E-state index >= 15 is 0 Å². The highest BCUT2D eigenvalue weighted by Crippen LogP contribution is 2.38. The van der Waals surface area contributed by atoms with Crippen molar-refractivity contribution in [2.24, 2.45) is 0 Å². The summed E-state index contributed by atoms with van der Waals surface area (Å²) >= 11 is 0. The summed E-state index contributed by atoms with van der Waals surface area (Å²) < 4.78 is 85.9. The summed E-state index contributed by atoms with van der Waals surface area (Å²) in [5.41, 5.74) is 0.363. The second-order valence-electron chi connectivity index (χ2n) is 11.1. The van der Waals surface area contributed by atoms with Crippen LogP contribution in [0.5, 0.6) is 0 Å². The van der Waals surface area contributed by atoms with Crippen LogP contribution in [0.15, 0.2) is 54.7 Å². The van der Waals surface area contributed by atoms with Crippen molar-refractivity contribution in [1.82, 2.24) is 25.4 Å². The van der Waals surface area contributed by atoms with Crippen LogP contribution in [0, 0.1) is 17.5 Å². The summed E-state index contributed by atoms with van der Waals surface area (Å²) in [4.78, 5) is 30.8. The first-order valence-electron chi connectivity index (χ1n) is 14.8. The molecule has 2 aromatic heterocycles. The Labute approximate surface area is 261 Å². The molecule has 0 bridgehead atoms. The van der Waals surface area contributed by atoms with Crippen molar-refractivity contribution in [3.63, 3.8) is 0 Å². The number of nitrogens with one attached hydrogen (secondary N) is 2.